The third kappa shape index (κ3) is 3.28. The van der Waals surface area contributed by atoms with Gasteiger partial charge in [-0.25, -0.2) is 0 Å². The molecular weight excluding hydrogens is 188 g/mol. The van der Waals surface area contributed by atoms with Crippen molar-refractivity contribution in [2.45, 2.75) is 51.2 Å². The minimum atomic E-state index is 0.127. The van der Waals surface area contributed by atoms with E-state index >= 15 is 0 Å². The fourth-order valence-electron chi connectivity index (χ4n) is 2.49. The van der Waals surface area contributed by atoms with Crippen LogP contribution >= 0.6 is 0 Å². The molecule has 1 aliphatic rings. The molecule has 0 N–H and O–H groups in total. The van der Waals surface area contributed by atoms with Crippen molar-refractivity contribution in [3.8, 4) is 0 Å². The second kappa shape index (κ2) is 6.23. The molecule has 0 aromatic rings. The van der Waals surface area contributed by atoms with Crippen LogP contribution in [0.1, 0.15) is 39.0 Å². The van der Waals surface area contributed by atoms with Gasteiger partial charge < -0.3 is 4.79 Å². The van der Waals surface area contributed by atoms with E-state index in [1.54, 1.807) is 0 Å². The van der Waals surface area contributed by atoms with Gasteiger partial charge in [-0.05, 0) is 39.8 Å². The summed E-state index contributed by atoms with van der Waals surface area (Å²) in [6.45, 7) is 3.22. The predicted molar refractivity (Wildman–Crippen MR) is 62.8 cm³/mol. The fraction of sp³-hybridized carbons (Fsp3) is 0.917. The number of hydrogen-bond acceptors (Lipinski definition) is 3. The molecule has 0 radical (unpaired) electrons. The molecule has 3 heteroatoms. The van der Waals surface area contributed by atoms with Gasteiger partial charge in [0.1, 0.15) is 6.29 Å². The van der Waals surface area contributed by atoms with E-state index < -0.39 is 0 Å². The van der Waals surface area contributed by atoms with Gasteiger partial charge in [0.25, 0.3) is 0 Å². The van der Waals surface area contributed by atoms with Crippen molar-refractivity contribution < 1.29 is 4.79 Å². The number of aldehydes is 1. The fourth-order valence-corrected chi connectivity index (χ4v) is 2.49. The molecule has 3 nitrogen and oxygen atoms in total. The van der Waals surface area contributed by atoms with Gasteiger partial charge in [-0.15, -0.1) is 0 Å². The molecule has 0 aliphatic carbocycles. The van der Waals surface area contributed by atoms with Crippen molar-refractivity contribution in [3.05, 3.63) is 0 Å². The minimum absolute atomic E-state index is 0.127. The maximum atomic E-state index is 11.1. The minimum Gasteiger partial charge on any atom is -0.302 e. The zero-order valence-electron chi connectivity index (χ0n) is 10.3. The van der Waals surface area contributed by atoms with Gasteiger partial charge in [-0.2, -0.15) is 0 Å². The highest BCUT2D eigenvalue weighted by molar-refractivity contribution is 5.57. The molecule has 0 amide bonds. The number of piperidine rings is 1. The third-order valence-corrected chi connectivity index (χ3v) is 3.28. The Labute approximate surface area is 93.4 Å². The number of likely N-dealkylation sites (tertiary alicyclic amines) is 1. The Balaban J connectivity index is 2.64. The number of carbonyl (C=O) groups excluding carboxylic acids is 1. The van der Waals surface area contributed by atoms with Gasteiger partial charge in [-0.1, -0.05) is 13.3 Å². The van der Waals surface area contributed by atoms with Crippen LogP contribution in [0.4, 0.5) is 0 Å². The van der Waals surface area contributed by atoms with Crippen molar-refractivity contribution >= 4 is 6.29 Å². The Kier molecular flexibility index (Phi) is 5.26. The number of carbonyl (C=O) groups is 1. The Morgan fingerprint density at radius 3 is 2.73 bits per heavy atom. The lowest BCUT2D eigenvalue weighted by Gasteiger charge is -2.42. The molecule has 0 spiro atoms. The summed E-state index contributed by atoms with van der Waals surface area (Å²) in [6.07, 6.45) is 7.39. The van der Waals surface area contributed by atoms with Crippen molar-refractivity contribution in [3.63, 3.8) is 0 Å². The molecule has 0 saturated carbocycles. The van der Waals surface area contributed by atoms with Gasteiger partial charge in [0.2, 0.25) is 0 Å². The first-order chi connectivity index (χ1) is 7.20. The second-order valence-corrected chi connectivity index (χ2v) is 4.67. The van der Waals surface area contributed by atoms with E-state index in [0.29, 0.717) is 6.17 Å². The molecule has 0 aromatic carbocycles. The molecule has 1 saturated heterocycles. The van der Waals surface area contributed by atoms with Crippen LogP contribution in [0, 0.1) is 0 Å². The zero-order valence-corrected chi connectivity index (χ0v) is 10.3. The van der Waals surface area contributed by atoms with E-state index in [0.717, 1.165) is 25.7 Å². The van der Waals surface area contributed by atoms with Gasteiger partial charge in [-0.3, -0.25) is 9.80 Å². The molecule has 0 bridgehead atoms. The summed E-state index contributed by atoms with van der Waals surface area (Å²) in [5.41, 5.74) is 0. The van der Waals surface area contributed by atoms with E-state index in [-0.39, 0.29) is 6.04 Å². The molecule has 2 atom stereocenters. The average Bonchev–Trinajstić information content (AvgIpc) is 2.26. The summed E-state index contributed by atoms with van der Waals surface area (Å²) >= 11 is 0. The topological polar surface area (TPSA) is 23.6 Å². The van der Waals surface area contributed by atoms with E-state index in [2.05, 4.69) is 30.8 Å². The lowest BCUT2D eigenvalue weighted by Crippen LogP contribution is -2.53. The number of rotatable bonds is 5. The summed E-state index contributed by atoms with van der Waals surface area (Å²) in [7, 11) is 4.22. The molecule has 88 valence electrons. The largest absolute Gasteiger partial charge is 0.302 e. The summed E-state index contributed by atoms with van der Waals surface area (Å²) < 4.78 is 0. The summed E-state index contributed by atoms with van der Waals surface area (Å²) in [5.74, 6) is 0. The average molecular weight is 212 g/mol. The highest BCUT2D eigenvalue weighted by Crippen LogP contribution is 2.22. The monoisotopic (exact) mass is 212 g/mol. The van der Waals surface area contributed by atoms with Crippen LogP contribution in [0.3, 0.4) is 0 Å². The van der Waals surface area contributed by atoms with E-state index in [9.17, 15) is 4.79 Å². The van der Waals surface area contributed by atoms with Gasteiger partial charge in [0.15, 0.2) is 0 Å². The first-order valence-electron chi connectivity index (χ1n) is 6.08. The standard InChI is InChI=1S/C12H24N2O/c1-4-7-11(10-15)14-9-6-5-8-12(14)13(2)3/h10-12H,4-9H2,1-3H3. The SMILES string of the molecule is CCCC(C=O)N1CCCCC1N(C)C. The van der Waals surface area contributed by atoms with E-state index in [1.165, 1.54) is 19.3 Å². The van der Waals surface area contributed by atoms with Gasteiger partial charge in [0.05, 0.1) is 12.2 Å². The van der Waals surface area contributed by atoms with Crippen LogP contribution in [0.2, 0.25) is 0 Å². The second-order valence-electron chi connectivity index (χ2n) is 4.67. The smallest absolute Gasteiger partial charge is 0.137 e. The summed E-state index contributed by atoms with van der Waals surface area (Å²) in [5, 5.41) is 0. The van der Waals surface area contributed by atoms with Crippen molar-refractivity contribution in [1.82, 2.24) is 9.80 Å². The van der Waals surface area contributed by atoms with Crippen LogP contribution in [0.5, 0.6) is 0 Å². The number of hydrogen-bond donors (Lipinski definition) is 0. The van der Waals surface area contributed by atoms with Crippen molar-refractivity contribution in [1.29, 1.82) is 0 Å². The lowest BCUT2D eigenvalue weighted by atomic mass is 10.0. The van der Waals surface area contributed by atoms with Gasteiger partial charge in [0, 0.05) is 6.54 Å². The summed E-state index contributed by atoms with van der Waals surface area (Å²) in [4.78, 5) is 15.7. The first-order valence-corrected chi connectivity index (χ1v) is 6.08. The van der Waals surface area contributed by atoms with Crippen LogP contribution in [-0.2, 0) is 4.79 Å². The molecule has 1 heterocycles. The molecule has 1 aliphatic heterocycles. The highest BCUT2D eigenvalue weighted by atomic mass is 16.1. The molecule has 1 fully saturated rings. The third-order valence-electron chi connectivity index (χ3n) is 3.28. The Bertz CT molecular complexity index is 194. The van der Waals surface area contributed by atoms with Crippen molar-refractivity contribution in [2.24, 2.45) is 0 Å². The van der Waals surface area contributed by atoms with Crippen LogP contribution in [0.25, 0.3) is 0 Å². The van der Waals surface area contributed by atoms with Crippen LogP contribution in [0.15, 0.2) is 0 Å². The zero-order chi connectivity index (χ0) is 11.3. The Morgan fingerprint density at radius 1 is 1.47 bits per heavy atom. The maximum Gasteiger partial charge on any atom is 0.137 e. The predicted octanol–water partition coefficient (Wildman–Crippen LogP) is 1.73. The molecule has 1 rings (SSSR count). The number of nitrogens with zero attached hydrogens (tertiary/aromatic N) is 2. The molecule has 0 aromatic heterocycles. The van der Waals surface area contributed by atoms with Gasteiger partial charge >= 0.3 is 0 Å². The normalized spacial score (nSPS) is 25.5. The van der Waals surface area contributed by atoms with E-state index in [4.69, 9.17) is 0 Å². The van der Waals surface area contributed by atoms with E-state index in [1.807, 2.05) is 0 Å². The highest BCUT2D eigenvalue weighted by Gasteiger charge is 2.29. The molecule has 15 heavy (non-hydrogen) atoms. The van der Waals surface area contributed by atoms with Crippen LogP contribution in [-0.4, -0.2) is 48.9 Å². The maximum absolute atomic E-state index is 11.1. The lowest BCUT2D eigenvalue weighted by molar-refractivity contribution is -0.116. The first kappa shape index (κ1) is 12.7. The molecular formula is C12H24N2O. The van der Waals surface area contributed by atoms with Crippen LogP contribution < -0.4 is 0 Å². The quantitative estimate of drug-likeness (QED) is 0.648. The Hall–Kier alpha value is -0.410. The Morgan fingerprint density at radius 2 is 2.20 bits per heavy atom. The van der Waals surface area contributed by atoms with Crippen molar-refractivity contribution in [2.75, 3.05) is 20.6 Å². The summed E-state index contributed by atoms with van der Waals surface area (Å²) in [6, 6.07) is 0.127. The molecule has 2 unspecified atom stereocenters.